The predicted octanol–water partition coefficient (Wildman–Crippen LogP) is 2.85. The zero-order valence-electron chi connectivity index (χ0n) is 26.7. The van der Waals surface area contributed by atoms with Crippen LogP contribution in [0.1, 0.15) is 70.3 Å². The second-order valence-electron chi connectivity index (χ2n) is 12.1. The first-order chi connectivity index (χ1) is 22.5. The Hall–Kier alpha value is -2.75. The molecular formula is C34H49F2NO10. The summed E-state index contributed by atoms with van der Waals surface area (Å²) in [7, 11) is 0. The Morgan fingerprint density at radius 1 is 0.894 bits per heavy atom. The molecule has 1 heterocycles. The molecule has 1 fully saturated rings. The zero-order valence-corrected chi connectivity index (χ0v) is 26.7. The quantitative estimate of drug-likeness (QED) is 0.104. The van der Waals surface area contributed by atoms with Crippen LogP contribution in [0.15, 0.2) is 42.5 Å². The first kappa shape index (κ1) is 38.7. The first-order valence-electron chi connectivity index (χ1n) is 16.3. The summed E-state index contributed by atoms with van der Waals surface area (Å²) in [6.45, 7) is 0.368. The van der Waals surface area contributed by atoms with Crippen molar-refractivity contribution in [3.05, 3.63) is 59.7 Å². The van der Waals surface area contributed by atoms with Gasteiger partial charge in [-0.3, -0.25) is 4.79 Å². The molecule has 2 unspecified atom stereocenters. The molecule has 8 atom stereocenters. The maximum atomic E-state index is 13.8. The number of hydrogen-bond acceptors (Lipinski definition) is 10. The summed E-state index contributed by atoms with van der Waals surface area (Å²) in [5, 5.41) is 62.2. The fourth-order valence-electron chi connectivity index (χ4n) is 5.33. The van der Waals surface area contributed by atoms with Crippen molar-refractivity contribution in [2.24, 2.45) is 0 Å². The van der Waals surface area contributed by atoms with Gasteiger partial charge in [0.1, 0.15) is 42.1 Å². The normalized spacial score (nSPS) is 23.2. The summed E-state index contributed by atoms with van der Waals surface area (Å²) in [5.41, 5.74) is 1.15. The monoisotopic (exact) mass is 669 g/mol. The molecule has 1 aliphatic heterocycles. The second kappa shape index (κ2) is 19.9. The highest BCUT2D eigenvalue weighted by Crippen LogP contribution is 2.26. The number of aryl methyl sites for hydroxylation is 1. The number of aliphatic hydroxyl groups is 6. The smallest absolute Gasteiger partial charge is 0.220 e. The molecule has 7 N–H and O–H groups in total. The number of rotatable bonds is 20. The van der Waals surface area contributed by atoms with Crippen molar-refractivity contribution in [1.29, 1.82) is 0 Å². The molecule has 2 aromatic rings. The van der Waals surface area contributed by atoms with Gasteiger partial charge < -0.3 is 50.2 Å². The van der Waals surface area contributed by atoms with Crippen molar-refractivity contribution in [2.45, 2.75) is 120 Å². The fraction of sp³-hybridized carbons (Fsp3) is 0.618. The lowest BCUT2D eigenvalue weighted by atomic mass is 9.99. The summed E-state index contributed by atoms with van der Waals surface area (Å²) in [6.07, 6.45) is -1.02. The van der Waals surface area contributed by atoms with E-state index in [1.54, 1.807) is 12.1 Å². The molecule has 13 heteroatoms. The van der Waals surface area contributed by atoms with E-state index >= 15 is 0 Å². The largest absolute Gasteiger partial charge is 0.454 e. The van der Waals surface area contributed by atoms with E-state index < -0.39 is 67.2 Å². The lowest BCUT2D eigenvalue weighted by molar-refractivity contribution is -0.303. The minimum absolute atomic E-state index is 0.0261. The molecule has 0 bridgehead atoms. The van der Waals surface area contributed by atoms with Gasteiger partial charge >= 0.3 is 0 Å². The summed E-state index contributed by atoms with van der Waals surface area (Å²) in [5.74, 6) is -1.29. The lowest BCUT2D eigenvalue weighted by Gasteiger charge is -2.40. The third-order valence-corrected chi connectivity index (χ3v) is 8.21. The van der Waals surface area contributed by atoms with Crippen LogP contribution in [-0.2, 0) is 20.7 Å². The van der Waals surface area contributed by atoms with Crippen LogP contribution in [0.4, 0.5) is 8.78 Å². The highest BCUT2D eigenvalue weighted by molar-refractivity contribution is 5.76. The average molecular weight is 670 g/mol. The van der Waals surface area contributed by atoms with Crippen LogP contribution in [0.3, 0.4) is 0 Å². The highest BCUT2D eigenvalue weighted by Gasteiger charge is 2.44. The van der Waals surface area contributed by atoms with Crippen LogP contribution in [0.25, 0.3) is 0 Å². The van der Waals surface area contributed by atoms with Crippen LogP contribution in [0, 0.1) is 11.6 Å². The van der Waals surface area contributed by atoms with Crippen molar-refractivity contribution in [3.8, 4) is 11.5 Å². The Morgan fingerprint density at radius 2 is 1.53 bits per heavy atom. The molecule has 0 saturated carbocycles. The predicted molar refractivity (Wildman–Crippen MR) is 167 cm³/mol. The third kappa shape index (κ3) is 12.7. The van der Waals surface area contributed by atoms with Crippen molar-refractivity contribution >= 4 is 5.91 Å². The minimum atomic E-state index is -1.63. The molecule has 11 nitrogen and oxygen atoms in total. The van der Waals surface area contributed by atoms with E-state index in [9.17, 15) is 44.2 Å². The van der Waals surface area contributed by atoms with Gasteiger partial charge in [0.2, 0.25) is 5.91 Å². The number of unbranched alkanes of at least 4 members (excludes halogenated alkanes) is 7. The number of benzene rings is 2. The van der Waals surface area contributed by atoms with Crippen LogP contribution < -0.4 is 10.1 Å². The molecule has 0 spiro atoms. The van der Waals surface area contributed by atoms with Gasteiger partial charge in [-0.15, -0.1) is 0 Å². The maximum Gasteiger partial charge on any atom is 0.220 e. The summed E-state index contributed by atoms with van der Waals surface area (Å²) in [4.78, 5) is 12.6. The van der Waals surface area contributed by atoms with E-state index in [0.717, 1.165) is 69.1 Å². The van der Waals surface area contributed by atoms with Crippen molar-refractivity contribution < 1.29 is 58.4 Å². The van der Waals surface area contributed by atoms with Crippen molar-refractivity contribution in [2.75, 3.05) is 13.2 Å². The molecule has 1 aliphatic rings. The minimum Gasteiger partial charge on any atom is -0.454 e. The number of amides is 1. The first-order valence-corrected chi connectivity index (χ1v) is 16.3. The molecule has 1 amide bonds. The Balaban J connectivity index is 1.26. The summed E-state index contributed by atoms with van der Waals surface area (Å²) >= 11 is 0. The van der Waals surface area contributed by atoms with Gasteiger partial charge in [0.05, 0.1) is 25.4 Å². The van der Waals surface area contributed by atoms with Gasteiger partial charge in [-0.05, 0) is 56.0 Å². The zero-order chi connectivity index (χ0) is 34.3. The van der Waals surface area contributed by atoms with Gasteiger partial charge in [0.25, 0.3) is 0 Å². The van der Waals surface area contributed by atoms with Crippen LogP contribution in [0.2, 0.25) is 0 Å². The van der Waals surface area contributed by atoms with Gasteiger partial charge in [-0.1, -0.05) is 50.7 Å². The van der Waals surface area contributed by atoms with E-state index in [4.69, 9.17) is 14.2 Å². The molecule has 0 aromatic heterocycles. The molecule has 1 saturated heterocycles. The molecule has 47 heavy (non-hydrogen) atoms. The molecule has 0 aliphatic carbocycles. The van der Waals surface area contributed by atoms with E-state index in [1.807, 2.05) is 12.1 Å². The van der Waals surface area contributed by atoms with E-state index in [2.05, 4.69) is 5.32 Å². The fourth-order valence-corrected chi connectivity index (χ4v) is 5.33. The van der Waals surface area contributed by atoms with E-state index in [1.165, 1.54) is 13.0 Å². The standard InChI is InChI=1S/C34H49F2NO10/c1-21(39)30(41)26(20-45-34-33(44)32(43)31(42)28(19-38)47-34)37-29(40)11-9-7-5-3-2-4-6-8-10-22-12-15-24(16-13-22)46-27-17-14-23(35)18-25(27)36/h12-18,21,26,28,30-34,38-39,41-44H,2-11,19-20H2,1H3,(H,37,40)/t21-,26+,28?,30-,31+,32?,33+,34+/m1/s1. The summed E-state index contributed by atoms with van der Waals surface area (Å²) < 4.78 is 43.1. The number of nitrogens with one attached hydrogen (secondary N) is 1. The lowest BCUT2D eigenvalue weighted by Crippen LogP contribution is -2.60. The van der Waals surface area contributed by atoms with Gasteiger partial charge in [0, 0.05) is 12.5 Å². The maximum absolute atomic E-state index is 13.8. The van der Waals surface area contributed by atoms with Crippen LogP contribution in [0.5, 0.6) is 11.5 Å². The van der Waals surface area contributed by atoms with Crippen LogP contribution >= 0.6 is 0 Å². The van der Waals surface area contributed by atoms with Gasteiger partial charge in [0.15, 0.2) is 17.9 Å². The third-order valence-electron chi connectivity index (χ3n) is 8.21. The van der Waals surface area contributed by atoms with Crippen molar-refractivity contribution in [1.82, 2.24) is 5.32 Å². The second-order valence-corrected chi connectivity index (χ2v) is 12.1. The highest BCUT2D eigenvalue weighted by atomic mass is 19.1. The van der Waals surface area contributed by atoms with Gasteiger partial charge in [-0.2, -0.15) is 0 Å². The van der Waals surface area contributed by atoms with E-state index in [-0.39, 0.29) is 24.7 Å². The Bertz CT molecular complexity index is 1200. The van der Waals surface area contributed by atoms with Crippen molar-refractivity contribution in [3.63, 3.8) is 0 Å². The number of aliphatic hydroxyl groups excluding tert-OH is 6. The Morgan fingerprint density at radius 3 is 2.15 bits per heavy atom. The SMILES string of the molecule is C[C@@H](O)[C@@H](O)[C@H](CO[C@H]1OC(CO)[C@H](O)C(O)[C@@H]1O)NC(=O)CCCCCCCCCCc1ccc(Oc2ccc(F)cc2F)cc1. The Kier molecular flexibility index (Phi) is 16.4. The van der Waals surface area contributed by atoms with E-state index in [0.29, 0.717) is 12.2 Å². The number of hydrogen-bond donors (Lipinski definition) is 7. The molecule has 2 aromatic carbocycles. The number of halogens is 2. The van der Waals surface area contributed by atoms with Gasteiger partial charge in [-0.25, -0.2) is 8.78 Å². The molecular weight excluding hydrogens is 620 g/mol. The topological polar surface area (TPSA) is 178 Å². The number of ether oxygens (including phenoxy) is 3. The number of carbonyl (C=O) groups is 1. The molecule has 0 radical (unpaired) electrons. The summed E-state index contributed by atoms with van der Waals surface area (Å²) in [6, 6.07) is 9.57. The molecule has 264 valence electrons. The average Bonchev–Trinajstić information content (AvgIpc) is 3.05. The van der Waals surface area contributed by atoms with Crippen LogP contribution in [-0.4, -0.2) is 98.7 Å². The Labute approximate surface area is 274 Å². The number of carbonyl (C=O) groups excluding carboxylic acids is 1. The molecule has 3 rings (SSSR count).